The van der Waals surface area contributed by atoms with E-state index < -0.39 is 17.6 Å². The van der Waals surface area contributed by atoms with Gasteiger partial charge in [0, 0.05) is 19.0 Å². The highest BCUT2D eigenvalue weighted by molar-refractivity contribution is 6.05. The Kier molecular flexibility index (Phi) is 4.26. The van der Waals surface area contributed by atoms with Gasteiger partial charge in [-0.2, -0.15) is 0 Å². The molecule has 1 aliphatic heterocycles. The molecule has 0 bridgehead atoms. The molecule has 2 unspecified atom stereocenters. The van der Waals surface area contributed by atoms with Crippen molar-refractivity contribution in [2.24, 2.45) is 11.1 Å². The standard InChI is InChI=1S/C14H24N2O3/c1-10(17)11(15)9-16-12(18)8-14(13(16)19)6-4-2-3-5-7-14/h10-11,17H,2-9,15H2,1H3. The Hall–Kier alpha value is -0.940. The van der Waals surface area contributed by atoms with Crippen molar-refractivity contribution < 1.29 is 14.7 Å². The van der Waals surface area contributed by atoms with Crippen LogP contribution in [-0.2, 0) is 9.59 Å². The molecular formula is C14H24N2O3. The van der Waals surface area contributed by atoms with Crippen LogP contribution in [0, 0.1) is 5.41 Å². The molecule has 2 aliphatic rings. The number of carbonyl (C=O) groups excluding carboxylic acids is 2. The first-order valence-corrected chi connectivity index (χ1v) is 7.25. The molecule has 0 aromatic carbocycles. The fourth-order valence-corrected chi connectivity index (χ4v) is 3.20. The van der Waals surface area contributed by atoms with Crippen LogP contribution in [0.15, 0.2) is 0 Å². The molecule has 0 radical (unpaired) electrons. The minimum atomic E-state index is -0.716. The molecule has 2 amide bonds. The lowest BCUT2D eigenvalue weighted by molar-refractivity contribution is -0.142. The van der Waals surface area contributed by atoms with Gasteiger partial charge in [0.05, 0.1) is 11.5 Å². The summed E-state index contributed by atoms with van der Waals surface area (Å²) in [6, 6.07) is -0.561. The van der Waals surface area contributed by atoms with Crippen LogP contribution in [0.5, 0.6) is 0 Å². The molecule has 108 valence electrons. The van der Waals surface area contributed by atoms with Crippen molar-refractivity contribution in [2.45, 2.75) is 64.0 Å². The second kappa shape index (κ2) is 5.59. The third kappa shape index (κ3) is 2.82. The normalized spacial score (nSPS) is 26.6. The summed E-state index contributed by atoms with van der Waals surface area (Å²) in [6.07, 6.45) is 5.59. The van der Waals surface area contributed by atoms with E-state index in [9.17, 15) is 14.7 Å². The third-order valence-electron chi connectivity index (χ3n) is 4.56. The summed E-state index contributed by atoms with van der Waals surface area (Å²) in [5.41, 5.74) is 5.31. The molecule has 1 heterocycles. The van der Waals surface area contributed by atoms with Gasteiger partial charge in [-0.15, -0.1) is 0 Å². The van der Waals surface area contributed by atoms with Gasteiger partial charge < -0.3 is 10.8 Å². The number of amides is 2. The maximum absolute atomic E-state index is 12.6. The van der Waals surface area contributed by atoms with E-state index in [-0.39, 0.29) is 18.4 Å². The largest absolute Gasteiger partial charge is 0.392 e. The Labute approximate surface area is 114 Å². The van der Waals surface area contributed by atoms with Gasteiger partial charge in [0.25, 0.3) is 0 Å². The van der Waals surface area contributed by atoms with E-state index in [1.54, 1.807) is 6.92 Å². The number of aliphatic hydroxyl groups excluding tert-OH is 1. The fourth-order valence-electron chi connectivity index (χ4n) is 3.20. The number of aliphatic hydroxyl groups is 1. The lowest BCUT2D eigenvalue weighted by atomic mass is 9.79. The molecule has 5 nitrogen and oxygen atoms in total. The quantitative estimate of drug-likeness (QED) is 0.741. The predicted molar refractivity (Wildman–Crippen MR) is 71.1 cm³/mol. The maximum atomic E-state index is 12.6. The Morgan fingerprint density at radius 1 is 1.26 bits per heavy atom. The molecule has 5 heteroatoms. The van der Waals surface area contributed by atoms with E-state index in [4.69, 9.17) is 5.73 Å². The minimum Gasteiger partial charge on any atom is -0.392 e. The van der Waals surface area contributed by atoms with Crippen molar-refractivity contribution in [3.63, 3.8) is 0 Å². The first kappa shape index (κ1) is 14.5. The second-order valence-corrected chi connectivity index (χ2v) is 6.09. The van der Waals surface area contributed by atoms with Crippen molar-refractivity contribution in [1.82, 2.24) is 4.90 Å². The number of hydrogen-bond donors (Lipinski definition) is 2. The minimum absolute atomic E-state index is 0.0597. The number of nitrogens with zero attached hydrogens (tertiary/aromatic N) is 1. The SMILES string of the molecule is CC(O)C(N)CN1C(=O)CC2(CCCCCC2)C1=O. The Morgan fingerprint density at radius 2 is 1.84 bits per heavy atom. The van der Waals surface area contributed by atoms with Crippen molar-refractivity contribution in [3.8, 4) is 0 Å². The average Bonchev–Trinajstić information content (AvgIpc) is 2.56. The zero-order valence-corrected chi connectivity index (χ0v) is 11.6. The number of hydrogen-bond acceptors (Lipinski definition) is 4. The Bertz CT molecular complexity index is 360. The summed E-state index contributed by atoms with van der Waals surface area (Å²) in [4.78, 5) is 25.9. The van der Waals surface area contributed by atoms with E-state index in [0.29, 0.717) is 6.42 Å². The van der Waals surface area contributed by atoms with Gasteiger partial charge in [0.15, 0.2) is 0 Å². The zero-order chi connectivity index (χ0) is 14.0. The van der Waals surface area contributed by atoms with Crippen LogP contribution in [-0.4, -0.2) is 40.5 Å². The highest BCUT2D eigenvalue weighted by Crippen LogP contribution is 2.44. The van der Waals surface area contributed by atoms with Crippen LogP contribution >= 0.6 is 0 Å². The lowest BCUT2D eigenvalue weighted by Crippen LogP contribution is -2.47. The number of imide groups is 1. The molecule has 1 spiro atoms. The average molecular weight is 268 g/mol. The molecule has 3 N–H and O–H groups in total. The zero-order valence-electron chi connectivity index (χ0n) is 11.6. The molecule has 2 fully saturated rings. The van der Waals surface area contributed by atoms with Crippen LogP contribution in [0.4, 0.5) is 0 Å². The summed E-state index contributed by atoms with van der Waals surface area (Å²) < 4.78 is 0. The Morgan fingerprint density at radius 3 is 2.37 bits per heavy atom. The summed E-state index contributed by atoms with van der Waals surface area (Å²) in [5, 5.41) is 9.43. The van der Waals surface area contributed by atoms with E-state index in [1.165, 1.54) is 4.90 Å². The summed E-state index contributed by atoms with van der Waals surface area (Å²) >= 11 is 0. The number of carbonyl (C=O) groups is 2. The maximum Gasteiger partial charge on any atom is 0.235 e. The fraction of sp³-hybridized carbons (Fsp3) is 0.857. The molecular weight excluding hydrogens is 244 g/mol. The molecule has 1 saturated heterocycles. The van der Waals surface area contributed by atoms with Gasteiger partial charge in [-0.3, -0.25) is 14.5 Å². The molecule has 19 heavy (non-hydrogen) atoms. The first-order valence-electron chi connectivity index (χ1n) is 7.25. The second-order valence-electron chi connectivity index (χ2n) is 6.09. The van der Waals surface area contributed by atoms with Gasteiger partial charge >= 0.3 is 0 Å². The monoisotopic (exact) mass is 268 g/mol. The van der Waals surface area contributed by atoms with Crippen molar-refractivity contribution in [2.75, 3.05) is 6.54 Å². The van der Waals surface area contributed by atoms with E-state index >= 15 is 0 Å². The van der Waals surface area contributed by atoms with Gasteiger partial charge in [-0.1, -0.05) is 25.7 Å². The van der Waals surface area contributed by atoms with Crippen molar-refractivity contribution in [3.05, 3.63) is 0 Å². The van der Waals surface area contributed by atoms with Gasteiger partial charge in [-0.25, -0.2) is 0 Å². The van der Waals surface area contributed by atoms with Crippen LogP contribution in [0.3, 0.4) is 0 Å². The van der Waals surface area contributed by atoms with Gasteiger partial charge in [-0.05, 0) is 19.8 Å². The van der Waals surface area contributed by atoms with E-state index in [0.717, 1.165) is 38.5 Å². The number of likely N-dealkylation sites (tertiary alicyclic amines) is 1. The summed E-state index contributed by atoms with van der Waals surface area (Å²) in [5.74, 6) is -0.182. The number of rotatable bonds is 3. The van der Waals surface area contributed by atoms with Crippen LogP contribution in [0.1, 0.15) is 51.9 Å². The molecule has 0 aromatic rings. The van der Waals surface area contributed by atoms with Gasteiger partial charge in [0.2, 0.25) is 11.8 Å². The summed E-state index contributed by atoms with van der Waals surface area (Å²) in [6.45, 7) is 1.72. The Balaban J connectivity index is 2.11. The first-order chi connectivity index (χ1) is 8.96. The predicted octanol–water partition coefficient (Wildman–Crippen LogP) is 0.794. The van der Waals surface area contributed by atoms with E-state index in [2.05, 4.69) is 0 Å². The summed E-state index contributed by atoms with van der Waals surface area (Å²) in [7, 11) is 0. The topological polar surface area (TPSA) is 83.6 Å². The van der Waals surface area contributed by atoms with Gasteiger partial charge in [0.1, 0.15) is 0 Å². The van der Waals surface area contributed by atoms with Crippen LogP contribution in [0.25, 0.3) is 0 Å². The molecule has 2 rings (SSSR count). The highest BCUT2D eigenvalue weighted by Gasteiger charge is 2.51. The molecule has 2 atom stereocenters. The van der Waals surface area contributed by atoms with Crippen LogP contribution < -0.4 is 5.73 Å². The lowest BCUT2D eigenvalue weighted by Gasteiger charge is -2.26. The molecule has 0 aromatic heterocycles. The number of nitrogens with two attached hydrogens (primary N) is 1. The van der Waals surface area contributed by atoms with Crippen LogP contribution in [0.2, 0.25) is 0 Å². The third-order valence-corrected chi connectivity index (χ3v) is 4.56. The smallest absolute Gasteiger partial charge is 0.235 e. The molecule has 1 aliphatic carbocycles. The van der Waals surface area contributed by atoms with Crippen molar-refractivity contribution in [1.29, 1.82) is 0 Å². The van der Waals surface area contributed by atoms with E-state index in [1.807, 2.05) is 0 Å². The van der Waals surface area contributed by atoms with Crippen molar-refractivity contribution >= 4 is 11.8 Å². The molecule has 1 saturated carbocycles. The highest BCUT2D eigenvalue weighted by atomic mass is 16.3.